The SMILES string of the molecule is COc1cccc(C=Nc2ccccc2C[O-])c1[O-].COc1cccc(C=Nc2ccccc2C[O-])c1[O-].COc1cccc(C=Nc2ccccc2C[O-])c1[O-].COc1cccc(C=Nc2ccccc2C[O-])c1[O-].COc1cccc(C=Nc2ccccc2C[O-])c1[O-].COc1cccc(C=Nc2ccccc2C[O-])c1[O-].O.O.[Co+2].[Co+2].[Co+2].[Co+3].[Co+3].[Co+3].[Co+3].[O-]N([O-])[O-].[O-]N([O-])[O-]. The number of ether oxygens (including phenoxy) is 6. The van der Waals surface area contributed by atoms with Crippen molar-refractivity contribution < 1.29 is 218 Å². The van der Waals surface area contributed by atoms with Crippen LogP contribution in [0.5, 0.6) is 69.0 Å². The molecule has 0 aromatic heterocycles. The predicted octanol–water partition coefficient (Wildman–Crippen LogP) is 6.17. The number of methoxy groups -OCH3 is 6. The molecule has 34 nitrogen and oxygen atoms in total. The van der Waals surface area contributed by atoms with Crippen LogP contribution < -0.4 is 89.7 Å². The maximum absolute atomic E-state index is 11.9. The zero-order valence-corrected chi connectivity index (χ0v) is 77.0. The smallest absolute Gasteiger partial charge is 0.870 e. The van der Waals surface area contributed by atoms with Gasteiger partial charge in [-0.15, -0.1) is 39.6 Å². The van der Waals surface area contributed by atoms with Crippen molar-refractivity contribution in [3.63, 3.8) is 0 Å². The topological polar surface area (TPSA) is 614 Å². The number of aliphatic imine (C=N–C) groups is 6. The number of rotatable bonds is 24. The minimum Gasteiger partial charge on any atom is -0.870 e. The summed E-state index contributed by atoms with van der Waals surface area (Å²) in [6.07, 6.45) is 8.75. The average molecular weight is 2100 g/mol. The standard InChI is InChI=1S/6C15H14NO3.7Co.2NO3.2H2O/c6*1-19-14-8-4-6-11(15(14)18)9-16-13-7-3-2-5-12(13)10-17;;;;;;;;2*2-1(3)4;;/h6*2-9,18H,10H2,1H3;;;;;;;;;;2*1H2/q6*-1;3*+2;4*+3;2*-3;;/p-6. The fourth-order valence-electron chi connectivity index (χ4n) is 10.2. The van der Waals surface area contributed by atoms with Crippen LogP contribution >= 0.6 is 0 Å². The fraction of sp³-hybridized carbons (Fsp3) is 0.133. The summed E-state index contributed by atoms with van der Waals surface area (Å²) < 4.78 is 29.8. The van der Waals surface area contributed by atoms with E-state index < -0.39 is 10.8 Å². The molecule has 0 saturated heterocycles. The van der Waals surface area contributed by atoms with E-state index in [4.69, 9.17) is 59.7 Å². The quantitative estimate of drug-likeness (QED) is 0.0481. The van der Waals surface area contributed by atoms with Crippen LogP contribution in [0.15, 0.2) is 285 Å². The van der Waals surface area contributed by atoms with Crippen molar-refractivity contribution in [2.24, 2.45) is 30.0 Å². The summed E-state index contributed by atoms with van der Waals surface area (Å²) >= 11 is 0. The number of benzene rings is 12. The zero-order chi connectivity index (χ0) is 89.1. The Hall–Kier alpha value is -10.8. The van der Waals surface area contributed by atoms with Crippen LogP contribution in [0.2, 0.25) is 0 Å². The minimum absolute atomic E-state index is 0. The van der Waals surface area contributed by atoms with E-state index in [0.717, 1.165) is 0 Å². The van der Waals surface area contributed by atoms with Crippen LogP contribution in [0.4, 0.5) is 34.1 Å². The predicted molar refractivity (Wildman–Crippen MR) is 450 cm³/mol. The number of para-hydroxylation sites is 12. The molecule has 131 heavy (non-hydrogen) atoms. The zero-order valence-electron chi connectivity index (χ0n) is 69.7. The van der Waals surface area contributed by atoms with Crippen LogP contribution in [0.1, 0.15) is 66.8 Å². The van der Waals surface area contributed by atoms with Gasteiger partial charge < -0.3 is 143 Å². The second-order valence-electron chi connectivity index (χ2n) is 23.9. The Labute approximate surface area is 827 Å². The summed E-state index contributed by atoms with van der Waals surface area (Å²) in [5.41, 5.74) is 9.72. The van der Waals surface area contributed by atoms with Gasteiger partial charge in [-0.3, -0.25) is 30.0 Å². The molecule has 3 radical (unpaired) electrons. The van der Waals surface area contributed by atoms with Gasteiger partial charge in [-0.1, -0.05) is 216 Å². The number of hydrogen-bond acceptors (Lipinski definition) is 32. The molecule has 12 rings (SSSR count). The van der Waals surface area contributed by atoms with Gasteiger partial charge in [-0.25, -0.2) is 0 Å². The second kappa shape index (κ2) is 72.8. The van der Waals surface area contributed by atoms with Crippen molar-refractivity contribution in [1.29, 1.82) is 0 Å². The van der Waals surface area contributed by atoms with E-state index in [0.29, 0.717) is 101 Å². The van der Waals surface area contributed by atoms with Crippen molar-refractivity contribution in [2.75, 3.05) is 42.7 Å². The monoisotopic (exact) mass is 2100 g/mol. The molecule has 0 bridgehead atoms. The third-order valence-electron chi connectivity index (χ3n) is 16.3. The van der Waals surface area contributed by atoms with Crippen molar-refractivity contribution in [3.8, 4) is 69.0 Å². The molecule has 0 saturated carbocycles. The van der Waals surface area contributed by atoms with Crippen LogP contribution in [-0.4, -0.2) is 102 Å². The minimum atomic E-state index is -1.75. The summed E-state index contributed by atoms with van der Waals surface area (Å²) in [7, 11) is 8.69. The van der Waals surface area contributed by atoms with E-state index in [1.54, 1.807) is 255 Å². The van der Waals surface area contributed by atoms with Crippen LogP contribution in [0.25, 0.3) is 0 Å². The van der Waals surface area contributed by atoms with Crippen LogP contribution in [0, 0.1) is 31.2 Å². The molecule has 0 aliphatic heterocycles. The fourth-order valence-corrected chi connectivity index (χ4v) is 10.2. The Morgan fingerprint density at radius 1 is 0.214 bits per heavy atom. The summed E-state index contributed by atoms with van der Waals surface area (Å²) in [5, 5.41) is 183. The van der Waals surface area contributed by atoms with Gasteiger partial charge >= 0.3 is 117 Å². The van der Waals surface area contributed by atoms with Crippen molar-refractivity contribution in [2.45, 2.75) is 39.6 Å². The van der Waals surface area contributed by atoms with Crippen molar-refractivity contribution in [3.05, 3.63) is 353 Å². The van der Waals surface area contributed by atoms with Gasteiger partial charge in [0.15, 0.2) is 0 Å². The number of nitrogens with zero attached hydrogens (tertiary/aromatic N) is 8. The molecule has 0 aliphatic rings. The largest absolute Gasteiger partial charge is 3.00 e. The molecule has 0 fully saturated rings. The first-order chi connectivity index (χ1) is 59.0. The van der Waals surface area contributed by atoms with Crippen LogP contribution in [-0.2, 0) is 157 Å². The van der Waals surface area contributed by atoms with E-state index >= 15 is 0 Å². The van der Waals surface area contributed by atoms with Gasteiger partial charge in [0, 0.05) is 37.3 Å². The molecule has 0 atom stereocenters. The first kappa shape index (κ1) is 129. The van der Waals surface area contributed by atoms with E-state index in [1.165, 1.54) is 79.9 Å². The van der Waals surface area contributed by atoms with Gasteiger partial charge in [0.1, 0.15) is 34.5 Å². The second-order valence-corrected chi connectivity index (χ2v) is 23.9. The Kier molecular flexibility index (Phi) is 71.5. The Morgan fingerprint density at radius 3 is 0.435 bits per heavy atom. The summed E-state index contributed by atoms with van der Waals surface area (Å²) in [6, 6.07) is 72.3. The Morgan fingerprint density at radius 2 is 0.328 bits per heavy atom. The maximum atomic E-state index is 11.9. The van der Waals surface area contributed by atoms with Gasteiger partial charge in [-0.2, -0.15) is 0 Å². The molecule has 12 aromatic carbocycles. The van der Waals surface area contributed by atoms with Gasteiger partial charge in [0.25, 0.3) is 0 Å². The summed E-state index contributed by atoms with van der Waals surface area (Å²) in [5.74, 6) is 0.386. The molecule has 0 amide bonds. The van der Waals surface area contributed by atoms with E-state index in [-0.39, 0.29) is 237 Å². The molecule has 0 spiro atoms. The van der Waals surface area contributed by atoms with Crippen molar-refractivity contribution >= 4 is 71.4 Å². The maximum Gasteiger partial charge on any atom is 3.00 e. The van der Waals surface area contributed by atoms with E-state index in [1.807, 2.05) is 0 Å². The first-order valence-corrected chi connectivity index (χ1v) is 35.9. The number of hydrogen-bond donors (Lipinski definition) is 0. The summed E-state index contributed by atoms with van der Waals surface area (Å²) in [4.78, 5) is 25.2. The first-order valence-electron chi connectivity index (χ1n) is 35.9. The normalized spacial score (nSPS) is 9.98. The summed E-state index contributed by atoms with van der Waals surface area (Å²) in [6.45, 7) is -2.02. The molecule has 0 aliphatic carbocycles. The molecular weight excluding hydrogens is 2020 g/mol. The third-order valence-corrected chi connectivity index (χ3v) is 16.3. The molecule has 12 aromatic rings. The Balaban J connectivity index is -0.000000470. The van der Waals surface area contributed by atoms with Gasteiger partial charge in [-0.05, 0) is 140 Å². The third kappa shape index (κ3) is 43.8. The molecule has 4 N–H and O–H groups in total. The molecule has 0 unspecified atom stereocenters. The van der Waals surface area contributed by atoms with E-state index in [9.17, 15) is 61.3 Å². The van der Waals surface area contributed by atoms with E-state index in [2.05, 4.69) is 30.0 Å². The molecule has 0 heterocycles. The Bertz CT molecular complexity index is 4560. The average Bonchev–Trinajstić information content (AvgIpc) is 0.868. The van der Waals surface area contributed by atoms with Gasteiger partial charge in [0.05, 0.1) is 76.8 Å². The molecule has 41 heteroatoms. The van der Waals surface area contributed by atoms with Crippen LogP contribution in [0.3, 0.4) is 0 Å². The van der Waals surface area contributed by atoms with Crippen molar-refractivity contribution in [1.82, 2.24) is 10.8 Å². The molecular formula is C90H82Co7N8O26. The van der Waals surface area contributed by atoms with Gasteiger partial charge in [0.2, 0.25) is 0 Å². The molecule has 701 valence electrons.